The molecule has 0 spiro atoms. The van der Waals surface area contributed by atoms with Gasteiger partial charge in [0.25, 0.3) is 0 Å². The molecule has 0 radical (unpaired) electrons. The van der Waals surface area contributed by atoms with Crippen LogP contribution in [0.3, 0.4) is 0 Å². The van der Waals surface area contributed by atoms with Crippen LogP contribution in [0, 0.1) is 0 Å². The van der Waals surface area contributed by atoms with E-state index in [4.69, 9.17) is 0 Å². The first-order valence-corrected chi connectivity index (χ1v) is 6.31. The molecule has 3 heteroatoms. The predicted octanol–water partition coefficient (Wildman–Crippen LogP) is 1.36. The Hall–Kier alpha value is -0.900. The zero-order chi connectivity index (χ0) is 12.3. The highest BCUT2D eigenvalue weighted by molar-refractivity contribution is 5.29. The van der Waals surface area contributed by atoms with Gasteiger partial charge in [-0.05, 0) is 44.1 Å². The number of aliphatic hydroxyl groups is 1. The Labute approximate surface area is 103 Å². The number of aliphatic hydroxyl groups excluding tert-OH is 1. The minimum atomic E-state index is -0.404. The van der Waals surface area contributed by atoms with Crippen molar-refractivity contribution in [2.75, 3.05) is 33.7 Å². The number of likely N-dealkylation sites (tertiary alicyclic amines) is 1. The molecule has 3 nitrogen and oxygen atoms in total. The smallest absolute Gasteiger partial charge is 0.0914 e. The van der Waals surface area contributed by atoms with Gasteiger partial charge in [-0.2, -0.15) is 0 Å². The molecule has 1 aliphatic rings. The fraction of sp³-hybridized carbons (Fsp3) is 0.571. The van der Waals surface area contributed by atoms with E-state index in [0.29, 0.717) is 12.5 Å². The average molecular weight is 234 g/mol. The molecule has 2 rings (SSSR count). The summed E-state index contributed by atoms with van der Waals surface area (Å²) in [4.78, 5) is 2.36. The third-order valence-corrected chi connectivity index (χ3v) is 3.56. The molecule has 17 heavy (non-hydrogen) atoms. The lowest BCUT2D eigenvalue weighted by molar-refractivity contribution is 0.177. The van der Waals surface area contributed by atoms with Crippen molar-refractivity contribution >= 4 is 0 Å². The number of likely N-dealkylation sites (N-methyl/N-ethyl adjacent to an activating group) is 2. The maximum atomic E-state index is 9.97. The van der Waals surface area contributed by atoms with Crippen LogP contribution in [0.25, 0.3) is 0 Å². The molecule has 2 N–H and O–H groups in total. The van der Waals surface area contributed by atoms with Crippen molar-refractivity contribution in [3.63, 3.8) is 0 Å². The maximum absolute atomic E-state index is 9.97. The first kappa shape index (κ1) is 12.6. The molecule has 2 unspecified atom stereocenters. The summed E-state index contributed by atoms with van der Waals surface area (Å²) >= 11 is 0. The number of nitrogens with zero attached hydrogens (tertiary/aromatic N) is 1. The van der Waals surface area contributed by atoms with Gasteiger partial charge in [-0.1, -0.05) is 24.3 Å². The Balaban J connectivity index is 2.11. The van der Waals surface area contributed by atoms with Gasteiger partial charge in [0.1, 0.15) is 0 Å². The van der Waals surface area contributed by atoms with Crippen molar-refractivity contribution in [2.45, 2.75) is 18.4 Å². The van der Waals surface area contributed by atoms with Crippen LogP contribution in [0.15, 0.2) is 24.3 Å². The summed E-state index contributed by atoms with van der Waals surface area (Å²) < 4.78 is 0. The third kappa shape index (κ3) is 3.06. The van der Waals surface area contributed by atoms with Gasteiger partial charge in [0, 0.05) is 13.1 Å². The van der Waals surface area contributed by atoms with Crippen LogP contribution >= 0.6 is 0 Å². The highest BCUT2D eigenvalue weighted by Crippen LogP contribution is 2.27. The van der Waals surface area contributed by atoms with Gasteiger partial charge in [-0.15, -0.1) is 0 Å². The Morgan fingerprint density at radius 2 is 2.35 bits per heavy atom. The number of hydrogen-bond donors (Lipinski definition) is 2. The second-order valence-corrected chi connectivity index (χ2v) is 4.99. The molecule has 0 amide bonds. The van der Waals surface area contributed by atoms with Crippen LogP contribution in [0.4, 0.5) is 0 Å². The lowest BCUT2D eigenvalue weighted by Gasteiger charge is -2.15. The summed E-state index contributed by atoms with van der Waals surface area (Å²) in [5, 5.41) is 13.0. The monoisotopic (exact) mass is 234 g/mol. The van der Waals surface area contributed by atoms with Crippen LogP contribution in [-0.4, -0.2) is 43.7 Å². The van der Waals surface area contributed by atoms with Crippen LogP contribution in [-0.2, 0) is 0 Å². The quantitative estimate of drug-likeness (QED) is 0.825. The van der Waals surface area contributed by atoms with E-state index in [-0.39, 0.29) is 0 Å². The molecule has 1 saturated heterocycles. The predicted molar refractivity (Wildman–Crippen MR) is 70.2 cm³/mol. The van der Waals surface area contributed by atoms with E-state index in [0.717, 1.165) is 12.1 Å². The fourth-order valence-electron chi connectivity index (χ4n) is 2.54. The van der Waals surface area contributed by atoms with Gasteiger partial charge < -0.3 is 15.3 Å². The highest BCUT2D eigenvalue weighted by Gasteiger charge is 2.21. The normalized spacial score (nSPS) is 22.9. The molecular weight excluding hydrogens is 212 g/mol. The standard InChI is InChI=1S/C14H22N2O/c1-15-9-14(17)12-5-3-4-11(8-12)13-6-7-16(2)10-13/h3-5,8,13-15,17H,6-7,9-10H2,1-2H3. The van der Waals surface area contributed by atoms with Crippen LogP contribution < -0.4 is 5.32 Å². The highest BCUT2D eigenvalue weighted by atomic mass is 16.3. The summed E-state index contributed by atoms with van der Waals surface area (Å²) in [6, 6.07) is 8.40. The van der Waals surface area contributed by atoms with E-state index in [9.17, 15) is 5.11 Å². The lowest BCUT2D eigenvalue weighted by atomic mass is 9.95. The summed E-state index contributed by atoms with van der Waals surface area (Å²) in [7, 11) is 4.03. The topological polar surface area (TPSA) is 35.5 Å². The SMILES string of the molecule is CNCC(O)c1cccc(C2CCN(C)C2)c1. The molecule has 0 saturated carbocycles. The molecule has 0 aliphatic carbocycles. The molecule has 0 bridgehead atoms. The second-order valence-electron chi connectivity index (χ2n) is 4.99. The zero-order valence-corrected chi connectivity index (χ0v) is 10.7. The molecule has 2 atom stereocenters. The van der Waals surface area contributed by atoms with Crippen molar-refractivity contribution in [1.29, 1.82) is 0 Å². The molecule has 1 fully saturated rings. The van der Waals surface area contributed by atoms with Crippen LogP contribution in [0.2, 0.25) is 0 Å². The van der Waals surface area contributed by atoms with Crippen molar-refractivity contribution in [3.05, 3.63) is 35.4 Å². The van der Waals surface area contributed by atoms with Gasteiger partial charge in [0.2, 0.25) is 0 Å². The molecule has 1 aromatic rings. The molecule has 0 aromatic heterocycles. The average Bonchev–Trinajstić information content (AvgIpc) is 2.76. The van der Waals surface area contributed by atoms with Gasteiger partial charge in [0.05, 0.1) is 6.10 Å². The lowest BCUT2D eigenvalue weighted by Crippen LogP contribution is -2.17. The molecule has 1 aliphatic heterocycles. The Bertz CT molecular complexity index is 367. The second kappa shape index (κ2) is 5.63. The first-order chi connectivity index (χ1) is 8.20. The van der Waals surface area contributed by atoms with E-state index in [1.54, 1.807) is 0 Å². The van der Waals surface area contributed by atoms with E-state index in [2.05, 4.69) is 35.5 Å². The van der Waals surface area contributed by atoms with Crippen molar-refractivity contribution in [2.24, 2.45) is 0 Å². The Morgan fingerprint density at radius 3 is 3.00 bits per heavy atom. The van der Waals surface area contributed by atoms with E-state index < -0.39 is 6.10 Å². The molecule has 1 heterocycles. The number of rotatable bonds is 4. The first-order valence-electron chi connectivity index (χ1n) is 6.31. The van der Waals surface area contributed by atoms with Crippen molar-refractivity contribution in [3.8, 4) is 0 Å². The van der Waals surface area contributed by atoms with Gasteiger partial charge in [-0.3, -0.25) is 0 Å². The maximum Gasteiger partial charge on any atom is 0.0914 e. The third-order valence-electron chi connectivity index (χ3n) is 3.56. The minimum Gasteiger partial charge on any atom is -0.387 e. The fourth-order valence-corrected chi connectivity index (χ4v) is 2.54. The van der Waals surface area contributed by atoms with Gasteiger partial charge >= 0.3 is 0 Å². The number of benzene rings is 1. The van der Waals surface area contributed by atoms with Gasteiger partial charge in [-0.25, -0.2) is 0 Å². The minimum absolute atomic E-state index is 0.404. The molecule has 94 valence electrons. The van der Waals surface area contributed by atoms with Crippen molar-refractivity contribution < 1.29 is 5.11 Å². The van der Waals surface area contributed by atoms with Gasteiger partial charge in [0.15, 0.2) is 0 Å². The van der Waals surface area contributed by atoms with Crippen LogP contribution in [0.5, 0.6) is 0 Å². The largest absolute Gasteiger partial charge is 0.387 e. The zero-order valence-electron chi connectivity index (χ0n) is 10.7. The summed E-state index contributed by atoms with van der Waals surface area (Å²) in [6.45, 7) is 2.91. The Kier molecular flexibility index (Phi) is 4.15. The van der Waals surface area contributed by atoms with E-state index in [1.807, 2.05) is 13.1 Å². The van der Waals surface area contributed by atoms with Crippen LogP contribution in [0.1, 0.15) is 29.6 Å². The Morgan fingerprint density at radius 1 is 1.53 bits per heavy atom. The summed E-state index contributed by atoms with van der Waals surface area (Å²) in [5.41, 5.74) is 2.38. The number of hydrogen-bond acceptors (Lipinski definition) is 3. The van der Waals surface area contributed by atoms with E-state index >= 15 is 0 Å². The summed E-state index contributed by atoms with van der Waals surface area (Å²) in [5.74, 6) is 0.627. The molecule has 1 aromatic carbocycles. The molecular formula is C14H22N2O. The summed E-state index contributed by atoms with van der Waals surface area (Å²) in [6.07, 6.45) is 0.821. The van der Waals surface area contributed by atoms with Crippen molar-refractivity contribution in [1.82, 2.24) is 10.2 Å². The number of nitrogens with one attached hydrogen (secondary N) is 1. The van der Waals surface area contributed by atoms with E-state index in [1.165, 1.54) is 18.5 Å².